The highest BCUT2D eigenvalue weighted by Gasteiger charge is 2.27. The Morgan fingerprint density at radius 3 is 2.24 bits per heavy atom. The maximum atomic E-state index is 12.0. The lowest BCUT2D eigenvalue weighted by atomic mass is 10.1. The Labute approximate surface area is 130 Å². The number of nitrogens with one attached hydrogen (secondary N) is 1. The van der Waals surface area contributed by atoms with Crippen molar-refractivity contribution < 1.29 is 18.1 Å². The van der Waals surface area contributed by atoms with E-state index in [0.29, 0.717) is 0 Å². The number of benzene rings is 1. The van der Waals surface area contributed by atoms with E-state index < -0.39 is 41.0 Å². The molecule has 1 aromatic rings. The van der Waals surface area contributed by atoms with Crippen LogP contribution in [0.25, 0.3) is 0 Å². The van der Waals surface area contributed by atoms with Crippen molar-refractivity contribution in [3.63, 3.8) is 0 Å². The summed E-state index contributed by atoms with van der Waals surface area (Å²) < 4.78 is 22.8. The molecular weight excluding hydrogens is 343 g/mol. The van der Waals surface area contributed by atoms with Gasteiger partial charge in [-0.3, -0.25) is 14.9 Å². The van der Waals surface area contributed by atoms with Crippen LogP contribution in [0.3, 0.4) is 0 Å². The number of halogens is 2. The molecule has 0 unspecified atom stereocenters. The van der Waals surface area contributed by atoms with E-state index in [4.69, 9.17) is 22.3 Å². The molecule has 0 aliphatic carbocycles. The van der Waals surface area contributed by atoms with Gasteiger partial charge in [0.1, 0.15) is 9.92 Å². The topological polar surface area (TPSA) is 106 Å². The van der Waals surface area contributed by atoms with Gasteiger partial charge in [-0.05, 0) is 26.8 Å². The molecule has 7 nitrogen and oxygen atoms in total. The summed E-state index contributed by atoms with van der Waals surface area (Å²) in [5.74, 6) is -0.677. The van der Waals surface area contributed by atoms with E-state index in [1.54, 1.807) is 20.8 Å². The zero-order valence-corrected chi connectivity index (χ0v) is 13.6. The predicted molar refractivity (Wildman–Crippen MR) is 78.4 cm³/mol. The summed E-state index contributed by atoms with van der Waals surface area (Å²) in [6.45, 7) is 5.11. The van der Waals surface area contributed by atoms with Crippen molar-refractivity contribution in [3.8, 4) is 0 Å². The Morgan fingerprint density at radius 2 is 1.86 bits per heavy atom. The van der Waals surface area contributed by atoms with Crippen molar-refractivity contribution in [1.29, 1.82) is 0 Å². The van der Waals surface area contributed by atoms with E-state index in [1.807, 2.05) is 0 Å². The summed E-state index contributed by atoms with van der Waals surface area (Å²) in [6, 6.07) is 1.80. The van der Waals surface area contributed by atoms with Gasteiger partial charge in [-0.1, -0.05) is 11.6 Å². The fraction of sp³-hybridized carbons (Fsp3) is 0.364. The number of carbonyl (C=O) groups excluding carboxylic acids is 1. The van der Waals surface area contributed by atoms with Gasteiger partial charge in [-0.2, -0.15) is 0 Å². The Morgan fingerprint density at radius 1 is 1.33 bits per heavy atom. The summed E-state index contributed by atoms with van der Waals surface area (Å²) in [6.07, 6.45) is 0. The molecule has 0 radical (unpaired) electrons. The lowest BCUT2D eigenvalue weighted by Crippen LogP contribution is -2.40. The Balaban J connectivity index is 3.52. The largest absolute Gasteiger partial charge is 0.347 e. The highest BCUT2D eigenvalue weighted by molar-refractivity contribution is 8.13. The molecule has 0 aliphatic heterocycles. The highest BCUT2D eigenvalue weighted by atomic mass is 35.7. The molecule has 0 bridgehead atoms. The molecule has 0 aliphatic rings. The SMILES string of the molecule is CC(C)(C)NC(=O)c1cc([N+](=O)[O-])c(Cl)c(S(=O)(=O)Cl)c1. The maximum absolute atomic E-state index is 12.0. The first-order valence-electron chi connectivity index (χ1n) is 5.58. The second kappa shape index (κ2) is 5.78. The lowest BCUT2D eigenvalue weighted by Gasteiger charge is -2.20. The van der Waals surface area contributed by atoms with Crippen LogP contribution in [0, 0.1) is 10.1 Å². The van der Waals surface area contributed by atoms with Crippen LogP contribution in [0.1, 0.15) is 31.1 Å². The second-order valence-electron chi connectivity index (χ2n) is 5.21. The molecule has 0 atom stereocenters. The number of carbonyl (C=O) groups is 1. The molecule has 0 fully saturated rings. The minimum absolute atomic E-state index is 0.222. The molecule has 1 aromatic carbocycles. The summed E-state index contributed by atoms with van der Waals surface area (Å²) in [4.78, 5) is 21.4. The first-order chi connectivity index (χ1) is 9.33. The fourth-order valence-electron chi connectivity index (χ4n) is 1.44. The quantitative estimate of drug-likeness (QED) is 0.510. The van der Waals surface area contributed by atoms with Crippen LogP contribution in [0.5, 0.6) is 0 Å². The average molecular weight is 355 g/mol. The molecule has 0 saturated heterocycles. The standard InChI is InChI=1S/C11H12Cl2N2O5S/c1-11(2,3)14-10(16)6-4-7(15(17)18)9(12)8(5-6)21(13,19)20/h4-5H,1-3H3,(H,14,16). The first kappa shape index (κ1) is 17.7. The second-order valence-corrected chi connectivity index (χ2v) is 8.12. The van der Waals surface area contributed by atoms with Gasteiger partial charge in [0.15, 0.2) is 0 Å². The van der Waals surface area contributed by atoms with Crippen molar-refractivity contribution in [2.75, 3.05) is 0 Å². The van der Waals surface area contributed by atoms with Gasteiger partial charge < -0.3 is 5.32 Å². The zero-order valence-electron chi connectivity index (χ0n) is 11.3. The monoisotopic (exact) mass is 354 g/mol. The minimum Gasteiger partial charge on any atom is -0.347 e. The van der Waals surface area contributed by atoms with Crippen LogP contribution in [-0.4, -0.2) is 24.8 Å². The van der Waals surface area contributed by atoms with Crippen LogP contribution in [0.15, 0.2) is 17.0 Å². The first-order valence-corrected chi connectivity index (χ1v) is 8.27. The molecule has 0 saturated carbocycles. The predicted octanol–water partition coefficient (Wildman–Crippen LogP) is 2.70. The normalized spacial score (nSPS) is 12.0. The number of nitro benzene ring substituents is 1. The zero-order chi connectivity index (χ0) is 16.6. The van der Waals surface area contributed by atoms with Gasteiger partial charge in [-0.15, -0.1) is 0 Å². The number of rotatable bonds is 3. The third kappa shape index (κ3) is 4.55. The van der Waals surface area contributed by atoms with Gasteiger partial charge >= 0.3 is 0 Å². The molecule has 1 amide bonds. The molecule has 21 heavy (non-hydrogen) atoms. The number of nitro groups is 1. The molecule has 0 spiro atoms. The van der Waals surface area contributed by atoms with Gasteiger partial charge in [0.05, 0.1) is 4.92 Å². The number of hydrogen-bond acceptors (Lipinski definition) is 5. The van der Waals surface area contributed by atoms with E-state index in [9.17, 15) is 23.3 Å². The van der Waals surface area contributed by atoms with Gasteiger partial charge in [-0.25, -0.2) is 8.42 Å². The van der Waals surface area contributed by atoms with E-state index in [-0.39, 0.29) is 5.56 Å². The van der Waals surface area contributed by atoms with Crippen LogP contribution < -0.4 is 5.32 Å². The van der Waals surface area contributed by atoms with Crippen molar-refractivity contribution in [3.05, 3.63) is 32.8 Å². The van der Waals surface area contributed by atoms with Crippen LogP contribution in [-0.2, 0) is 9.05 Å². The summed E-state index contributed by atoms with van der Waals surface area (Å²) >= 11 is 5.66. The Hall–Kier alpha value is -1.38. The summed E-state index contributed by atoms with van der Waals surface area (Å²) in [5, 5.41) is 12.8. The van der Waals surface area contributed by atoms with Gasteiger partial charge in [0.2, 0.25) is 0 Å². The molecular formula is C11H12Cl2N2O5S. The maximum Gasteiger partial charge on any atom is 0.290 e. The molecule has 1 N–H and O–H groups in total. The molecule has 10 heteroatoms. The summed E-state index contributed by atoms with van der Waals surface area (Å²) in [5.41, 5.74) is -1.54. The lowest BCUT2D eigenvalue weighted by molar-refractivity contribution is -0.384. The molecule has 0 heterocycles. The van der Waals surface area contributed by atoms with Crippen molar-refractivity contribution in [1.82, 2.24) is 5.32 Å². The molecule has 116 valence electrons. The van der Waals surface area contributed by atoms with Crippen molar-refractivity contribution in [2.45, 2.75) is 31.2 Å². The Kier molecular flexibility index (Phi) is 4.87. The van der Waals surface area contributed by atoms with Gasteiger partial charge in [0.25, 0.3) is 20.6 Å². The Bertz CT molecular complexity index is 710. The average Bonchev–Trinajstić information content (AvgIpc) is 2.24. The number of hydrogen-bond donors (Lipinski definition) is 1. The highest BCUT2D eigenvalue weighted by Crippen LogP contribution is 2.34. The molecule has 1 rings (SSSR count). The third-order valence-electron chi connectivity index (χ3n) is 2.23. The fourth-order valence-corrected chi connectivity index (χ4v) is 2.99. The number of amides is 1. The van der Waals surface area contributed by atoms with Crippen LogP contribution >= 0.6 is 22.3 Å². The van der Waals surface area contributed by atoms with E-state index in [2.05, 4.69) is 5.32 Å². The van der Waals surface area contributed by atoms with E-state index >= 15 is 0 Å². The van der Waals surface area contributed by atoms with E-state index in [0.717, 1.165) is 12.1 Å². The van der Waals surface area contributed by atoms with Gasteiger partial charge in [0, 0.05) is 27.9 Å². The van der Waals surface area contributed by atoms with Crippen molar-refractivity contribution in [2.24, 2.45) is 0 Å². The van der Waals surface area contributed by atoms with E-state index in [1.165, 1.54) is 0 Å². The van der Waals surface area contributed by atoms with Crippen LogP contribution in [0.2, 0.25) is 5.02 Å². The third-order valence-corrected chi connectivity index (χ3v) is 4.09. The molecule has 0 aromatic heterocycles. The van der Waals surface area contributed by atoms with Crippen molar-refractivity contribution >= 4 is 42.9 Å². The van der Waals surface area contributed by atoms with Crippen LogP contribution in [0.4, 0.5) is 5.69 Å². The minimum atomic E-state index is -4.33. The number of nitrogens with zero attached hydrogens (tertiary/aromatic N) is 1. The smallest absolute Gasteiger partial charge is 0.290 e. The summed E-state index contributed by atoms with van der Waals surface area (Å²) in [7, 11) is 0.850.